The molecule has 4 N–H and O–H groups in total. The zero-order valence-electron chi connectivity index (χ0n) is 19.2. The quantitative estimate of drug-likeness (QED) is 0.561. The molecule has 9 heteroatoms. The first-order valence-corrected chi connectivity index (χ1v) is 11.4. The van der Waals surface area contributed by atoms with Crippen LogP contribution >= 0.6 is 0 Å². The van der Waals surface area contributed by atoms with Crippen molar-refractivity contribution >= 4 is 29.3 Å². The summed E-state index contributed by atoms with van der Waals surface area (Å²) in [5, 5.41) is 4.12. The van der Waals surface area contributed by atoms with E-state index in [0.717, 1.165) is 0 Å². The van der Waals surface area contributed by atoms with Crippen molar-refractivity contribution < 1.29 is 19.2 Å². The van der Waals surface area contributed by atoms with Gasteiger partial charge in [-0.3, -0.25) is 24.6 Å². The SMILES string of the molecule is CC(C)C[C@H](NC(=O)c1ccc(N)cc1)C(=O)N1NC(=O)[C@H]2[C@@H]1CCN2C(=O)c1ccccc1. The van der Waals surface area contributed by atoms with Gasteiger partial charge in [0.25, 0.3) is 23.6 Å². The monoisotopic (exact) mass is 463 g/mol. The minimum atomic E-state index is -0.831. The molecule has 2 aliphatic rings. The van der Waals surface area contributed by atoms with Crippen LogP contribution in [0.2, 0.25) is 0 Å². The lowest BCUT2D eigenvalue weighted by molar-refractivity contribution is -0.140. The van der Waals surface area contributed by atoms with E-state index in [9.17, 15) is 19.2 Å². The number of anilines is 1. The van der Waals surface area contributed by atoms with Gasteiger partial charge >= 0.3 is 0 Å². The van der Waals surface area contributed by atoms with Crippen LogP contribution < -0.4 is 16.5 Å². The number of rotatable bonds is 6. The molecule has 2 heterocycles. The number of hydrazine groups is 1. The Kier molecular flexibility index (Phi) is 6.54. The number of likely N-dealkylation sites (tertiary alicyclic amines) is 1. The standard InChI is InChI=1S/C25H29N5O4/c1-15(2)14-19(27-22(31)16-8-10-18(26)11-9-16)25(34)30-20-12-13-29(21(20)23(32)28-30)24(33)17-6-4-3-5-7-17/h3-11,15,19-21H,12-14,26H2,1-2H3,(H,27,31)(H,28,32)/t19-,20-,21+/m0/s1. The first-order chi connectivity index (χ1) is 16.3. The average Bonchev–Trinajstić information content (AvgIpc) is 3.39. The highest BCUT2D eigenvalue weighted by atomic mass is 16.2. The molecule has 9 nitrogen and oxygen atoms in total. The van der Waals surface area contributed by atoms with Gasteiger partial charge in [0.1, 0.15) is 12.1 Å². The van der Waals surface area contributed by atoms with E-state index in [1.807, 2.05) is 19.9 Å². The number of fused-ring (bicyclic) bond motifs is 1. The van der Waals surface area contributed by atoms with Gasteiger partial charge in [-0.1, -0.05) is 32.0 Å². The van der Waals surface area contributed by atoms with E-state index >= 15 is 0 Å². The average molecular weight is 464 g/mol. The number of nitrogens with one attached hydrogen (secondary N) is 2. The van der Waals surface area contributed by atoms with E-state index in [4.69, 9.17) is 5.73 Å². The maximum atomic E-state index is 13.5. The Morgan fingerprint density at radius 3 is 2.38 bits per heavy atom. The molecule has 2 aromatic rings. The van der Waals surface area contributed by atoms with E-state index in [-0.39, 0.29) is 11.8 Å². The molecule has 0 aliphatic carbocycles. The molecule has 3 atom stereocenters. The fraction of sp³-hybridized carbons (Fsp3) is 0.360. The van der Waals surface area contributed by atoms with Gasteiger partial charge in [0.15, 0.2) is 0 Å². The second kappa shape index (κ2) is 9.54. The Labute approximate surface area is 198 Å². The van der Waals surface area contributed by atoms with Crippen molar-refractivity contribution in [2.45, 2.75) is 44.8 Å². The van der Waals surface area contributed by atoms with E-state index < -0.39 is 35.8 Å². The third kappa shape index (κ3) is 4.59. The maximum Gasteiger partial charge on any atom is 0.263 e. The molecule has 0 radical (unpaired) electrons. The minimum Gasteiger partial charge on any atom is -0.399 e. The van der Waals surface area contributed by atoms with Crippen molar-refractivity contribution in [2.24, 2.45) is 5.92 Å². The van der Waals surface area contributed by atoms with Crippen LogP contribution in [-0.2, 0) is 9.59 Å². The lowest BCUT2D eigenvalue weighted by Gasteiger charge is -2.28. The van der Waals surface area contributed by atoms with E-state index in [1.54, 1.807) is 48.5 Å². The molecule has 34 heavy (non-hydrogen) atoms. The summed E-state index contributed by atoms with van der Waals surface area (Å²) in [6, 6.07) is 13.1. The van der Waals surface area contributed by atoms with E-state index in [1.165, 1.54) is 9.91 Å². The number of nitrogens with two attached hydrogens (primary N) is 1. The summed E-state index contributed by atoms with van der Waals surface area (Å²) in [4.78, 5) is 53.7. The topological polar surface area (TPSA) is 125 Å². The summed E-state index contributed by atoms with van der Waals surface area (Å²) in [5.74, 6) is -1.31. The molecule has 0 spiro atoms. The third-order valence-electron chi connectivity index (χ3n) is 6.20. The zero-order valence-corrected chi connectivity index (χ0v) is 19.2. The Bertz CT molecular complexity index is 1090. The van der Waals surface area contributed by atoms with Crippen LogP contribution in [0.15, 0.2) is 54.6 Å². The summed E-state index contributed by atoms with van der Waals surface area (Å²) in [5.41, 5.74) is 9.76. The predicted octanol–water partition coefficient (Wildman–Crippen LogP) is 1.57. The number of nitrogens with zero attached hydrogens (tertiary/aromatic N) is 2. The highest BCUT2D eigenvalue weighted by molar-refractivity contribution is 6.01. The summed E-state index contributed by atoms with van der Waals surface area (Å²) in [7, 11) is 0. The van der Waals surface area contributed by atoms with Crippen molar-refractivity contribution in [1.82, 2.24) is 20.7 Å². The third-order valence-corrected chi connectivity index (χ3v) is 6.20. The summed E-state index contributed by atoms with van der Waals surface area (Å²) >= 11 is 0. The number of hydrogen-bond acceptors (Lipinski definition) is 5. The highest BCUT2D eigenvalue weighted by Gasteiger charge is 2.52. The van der Waals surface area contributed by atoms with Gasteiger partial charge in [-0.15, -0.1) is 0 Å². The summed E-state index contributed by atoms with van der Waals surface area (Å²) in [6.07, 6.45) is 0.865. The smallest absolute Gasteiger partial charge is 0.263 e. The normalized spacial score (nSPS) is 20.1. The first kappa shape index (κ1) is 23.3. The number of benzene rings is 2. The summed E-state index contributed by atoms with van der Waals surface area (Å²) < 4.78 is 0. The lowest BCUT2D eigenvalue weighted by atomic mass is 10.0. The molecule has 2 aliphatic heterocycles. The number of carbonyl (C=O) groups excluding carboxylic acids is 4. The van der Waals surface area contributed by atoms with Crippen LogP contribution in [0.4, 0.5) is 5.69 Å². The van der Waals surface area contributed by atoms with Gasteiger partial charge in [0.2, 0.25) is 0 Å². The molecular weight excluding hydrogens is 434 g/mol. The lowest BCUT2D eigenvalue weighted by Crippen LogP contribution is -2.54. The summed E-state index contributed by atoms with van der Waals surface area (Å²) in [6.45, 7) is 4.28. The molecular formula is C25H29N5O4. The van der Waals surface area contributed by atoms with E-state index in [0.29, 0.717) is 36.2 Å². The molecule has 178 valence electrons. The molecule has 4 amide bonds. The zero-order chi connectivity index (χ0) is 24.4. The number of nitrogen functional groups attached to an aromatic ring is 1. The molecule has 0 unspecified atom stereocenters. The van der Waals surface area contributed by atoms with Crippen molar-refractivity contribution in [3.63, 3.8) is 0 Å². The van der Waals surface area contributed by atoms with Crippen LogP contribution in [0.1, 0.15) is 47.4 Å². The second-order valence-electron chi connectivity index (χ2n) is 9.13. The van der Waals surface area contributed by atoms with Crippen molar-refractivity contribution in [3.05, 3.63) is 65.7 Å². The molecule has 0 aromatic heterocycles. The van der Waals surface area contributed by atoms with Crippen LogP contribution in [0.5, 0.6) is 0 Å². The fourth-order valence-electron chi connectivity index (χ4n) is 4.56. The van der Waals surface area contributed by atoms with Gasteiger partial charge in [-0.2, -0.15) is 0 Å². The van der Waals surface area contributed by atoms with Gasteiger partial charge in [-0.05, 0) is 55.2 Å². The Balaban J connectivity index is 1.51. The second-order valence-corrected chi connectivity index (χ2v) is 9.13. The Morgan fingerprint density at radius 1 is 1.06 bits per heavy atom. The molecule has 4 rings (SSSR count). The Morgan fingerprint density at radius 2 is 1.74 bits per heavy atom. The van der Waals surface area contributed by atoms with Crippen LogP contribution in [0, 0.1) is 5.92 Å². The molecule has 2 aromatic carbocycles. The molecule has 0 saturated carbocycles. The van der Waals surface area contributed by atoms with Crippen LogP contribution in [0.25, 0.3) is 0 Å². The van der Waals surface area contributed by atoms with Crippen molar-refractivity contribution in [3.8, 4) is 0 Å². The van der Waals surface area contributed by atoms with Crippen molar-refractivity contribution in [1.29, 1.82) is 0 Å². The van der Waals surface area contributed by atoms with Crippen LogP contribution in [-0.4, -0.2) is 58.2 Å². The van der Waals surface area contributed by atoms with Gasteiger partial charge in [0, 0.05) is 23.4 Å². The van der Waals surface area contributed by atoms with Gasteiger partial charge < -0.3 is 16.0 Å². The van der Waals surface area contributed by atoms with Crippen LogP contribution in [0.3, 0.4) is 0 Å². The highest BCUT2D eigenvalue weighted by Crippen LogP contribution is 2.29. The molecule has 2 fully saturated rings. The molecule has 0 bridgehead atoms. The predicted molar refractivity (Wildman–Crippen MR) is 126 cm³/mol. The molecule has 2 saturated heterocycles. The van der Waals surface area contributed by atoms with Crippen molar-refractivity contribution in [2.75, 3.05) is 12.3 Å². The van der Waals surface area contributed by atoms with E-state index in [2.05, 4.69) is 10.7 Å². The fourth-order valence-corrected chi connectivity index (χ4v) is 4.56. The van der Waals surface area contributed by atoms with Gasteiger partial charge in [-0.25, -0.2) is 5.01 Å². The largest absolute Gasteiger partial charge is 0.399 e. The maximum absolute atomic E-state index is 13.5. The van der Waals surface area contributed by atoms with Gasteiger partial charge in [0.05, 0.1) is 6.04 Å². The first-order valence-electron chi connectivity index (χ1n) is 11.4. The minimum absolute atomic E-state index is 0.120. The number of amides is 4. The number of hydrogen-bond donors (Lipinski definition) is 3. The number of carbonyl (C=O) groups is 4. The Hall–Kier alpha value is -3.88.